The Balaban J connectivity index is 2.05. The van der Waals surface area contributed by atoms with Crippen molar-refractivity contribution in [2.75, 3.05) is 20.0 Å². The van der Waals surface area contributed by atoms with Crippen molar-refractivity contribution in [2.24, 2.45) is 0 Å². The topological polar surface area (TPSA) is 73.6 Å². The molecule has 1 saturated carbocycles. The van der Waals surface area contributed by atoms with Crippen LogP contribution in [0.5, 0.6) is 5.75 Å². The summed E-state index contributed by atoms with van der Waals surface area (Å²) < 4.78 is 10.3. The van der Waals surface area contributed by atoms with Crippen LogP contribution in [0.1, 0.15) is 23.2 Å². The van der Waals surface area contributed by atoms with Gasteiger partial charge in [0.1, 0.15) is 11.3 Å². The summed E-state index contributed by atoms with van der Waals surface area (Å²) in [6.45, 7) is 0. The van der Waals surface area contributed by atoms with Crippen molar-refractivity contribution in [1.82, 2.24) is 5.32 Å². The molecule has 0 heterocycles. The highest BCUT2D eigenvalue weighted by atomic mass is 16.5. The summed E-state index contributed by atoms with van der Waals surface area (Å²) in [6, 6.07) is 5.34. The number of hydrogen-bond acceptors (Lipinski definition) is 4. The van der Waals surface area contributed by atoms with Gasteiger partial charge in [0.15, 0.2) is 0 Å². The quantitative estimate of drug-likeness (QED) is 0.787. The minimum absolute atomic E-state index is 0.159. The minimum Gasteiger partial charge on any atom is -0.496 e. The van der Waals surface area contributed by atoms with Gasteiger partial charge in [-0.1, -0.05) is 6.07 Å². The van der Waals surface area contributed by atoms with Crippen molar-refractivity contribution in [1.29, 1.82) is 0 Å². The summed E-state index contributed by atoms with van der Waals surface area (Å²) in [7, 11) is 3.21. The number of carbonyl (C=O) groups excluding carboxylic acids is 1. The molecule has 2 rings (SSSR count). The summed E-state index contributed by atoms with van der Waals surface area (Å²) in [6.07, 6.45) is 1.94. The highest BCUT2D eigenvalue weighted by molar-refractivity contribution is 6.02. The van der Waals surface area contributed by atoms with Crippen molar-refractivity contribution in [3.8, 4) is 5.75 Å². The number of carbonyl (C=O) groups is 1. The predicted octanol–water partition coefficient (Wildman–Crippen LogP) is 1.18. The fourth-order valence-corrected chi connectivity index (χ4v) is 2.09. The molecule has 1 aliphatic carbocycles. The summed E-state index contributed by atoms with van der Waals surface area (Å²) in [5.41, 5.74) is 6.65. The Morgan fingerprint density at radius 1 is 1.39 bits per heavy atom. The lowest BCUT2D eigenvalue weighted by Gasteiger charge is -2.34. The third-order valence-electron chi connectivity index (χ3n) is 3.27. The van der Waals surface area contributed by atoms with E-state index in [0.29, 0.717) is 17.0 Å². The second-order valence-electron chi connectivity index (χ2n) is 4.42. The lowest BCUT2D eigenvalue weighted by atomic mass is 9.89. The van der Waals surface area contributed by atoms with Crippen LogP contribution < -0.4 is 15.8 Å². The number of nitrogens with two attached hydrogens (primary N) is 1. The Bertz CT molecular complexity index is 442. The van der Waals surface area contributed by atoms with Crippen molar-refractivity contribution in [3.05, 3.63) is 23.8 Å². The number of rotatable bonds is 4. The third kappa shape index (κ3) is 2.41. The monoisotopic (exact) mass is 250 g/mol. The first-order valence-corrected chi connectivity index (χ1v) is 5.91. The molecule has 1 amide bonds. The van der Waals surface area contributed by atoms with Gasteiger partial charge in [0, 0.05) is 18.8 Å². The molecule has 0 spiro atoms. The van der Waals surface area contributed by atoms with Crippen LogP contribution in [0, 0.1) is 0 Å². The number of hydrogen-bond donors (Lipinski definition) is 2. The first-order valence-electron chi connectivity index (χ1n) is 5.91. The maximum absolute atomic E-state index is 12.1. The van der Waals surface area contributed by atoms with Gasteiger partial charge in [-0.15, -0.1) is 0 Å². The van der Waals surface area contributed by atoms with E-state index in [-0.39, 0.29) is 18.1 Å². The molecular formula is C13H18N2O3. The van der Waals surface area contributed by atoms with Gasteiger partial charge < -0.3 is 20.5 Å². The van der Waals surface area contributed by atoms with Crippen molar-refractivity contribution < 1.29 is 14.3 Å². The van der Waals surface area contributed by atoms with Crippen LogP contribution in [0.2, 0.25) is 0 Å². The van der Waals surface area contributed by atoms with Gasteiger partial charge in [-0.25, -0.2) is 0 Å². The van der Waals surface area contributed by atoms with Crippen molar-refractivity contribution in [2.45, 2.75) is 25.0 Å². The lowest BCUT2D eigenvalue weighted by Crippen LogP contribution is -2.47. The Labute approximate surface area is 106 Å². The number of methoxy groups -OCH3 is 2. The van der Waals surface area contributed by atoms with Gasteiger partial charge in [0.2, 0.25) is 0 Å². The van der Waals surface area contributed by atoms with Gasteiger partial charge >= 0.3 is 0 Å². The molecular weight excluding hydrogens is 232 g/mol. The van der Waals surface area contributed by atoms with Crippen LogP contribution in [-0.4, -0.2) is 32.3 Å². The maximum Gasteiger partial charge on any atom is 0.257 e. The molecule has 1 aromatic rings. The molecule has 1 fully saturated rings. The average molecular weight is 250 g/mol. The largest absolute Gasteiger partial charge is 0.496 e. The van der Waals surface area contributed by atoms with Crippen LogP contribution in [0.15, 0.2) is 18.2 Å². The zero-order chi connectivity index (χ0) is 13.1. The molecule has 0 aliphatic heterocycles. The van der Waals surface area contributed by atoms with E-state index in [1.807, 2.05) is 0 Å². The molecule has 0 bridgehead atoms. The fourth-order valence-electron chi connectivity index (χ4n) is 2.09. The van der Waals surface area contributed by atoms with Gasteiger partial charge in [-0.05, 0) is 25.0 Å². The van der Waals surface area contributed by atoms with Crippen LogP contribution in [0.4, 0.5) is 5.69 Å². The molecule has 1 aliphatic rings. The second-order valence-corrected chi connectivity index (χ2v) is 4.42. The molecule has 3 N–H and O–H groups in total. The zero-order valence-corrected chi connectivity index (χ0v) is 10.6. The fraction of sp³-hybridized carbons (Fsp3) is 0.462. The molecule has 1 aromatic carbocycles. The lowest BCUT2D eigenvalue weighted by molar-refractivity contribution is 0.0176. The summed E-state index contributed by atoms with van der Waals surface area (Å²) in [5, 5.41) is 2.93. The maximum atomic E-state index is 12.1. The van der Waals surface area contributed by atoms with Crippen LogP contribution in [0.25, 0.3) is 0 Å². The first-order chi connectivity index (χ1) is 8.65. The third-order valence-corrected chi connectivity index (χ3v) is 3.27. The minimum atomic E-state index is -0.190. The molecule has 18 heavy (non-hydrogen) atoms. The van der Waals surface area contributed by atoms with Crippen LogP contribution in [0.3, 0.4) is 0 Å². The van der Waals surface area contributed by atoms with E-state index >= 15 is 0 Å². The number of nitrogen functional groups attached to an aromatic ring is 1. The average Bonchev–Trinajstić information content (AvgIpc) is 2.32. The molecule has 0 unspecified atom stereocenters. The van der Waals surface area contributed by atoms with Crippen LogP contribution >= 0.6 is 0 Å². The number of nitrogens with one attached hydrogen (secondary N) is 1. The van der Waals surface area contributed by atoms with Gasteiger partial charge in [-0.3, -0.25) is 4.79 Å². The number of amides is 1. The molecule has 5 nitrogen and oxygen atoms in total. The van der Waals surface area contributed by atoms with Crippen molar-refractivity contribution in [3.63, 3.8) is 0 Å². The van der Waals surface area contributed by atoms with E-state index in [4.69, 9.17) is 15.2 Å². The smallest absolute Gasteiger partial charge is 0.257 e. The van der Waals surface area contributed by atoms with E-state index in [1.165, 1.54) is 7.11 Å². The summed E-state index contributed by atoms with van der Waals surface area (Å²) >= 11 is 0. The molecule has 0 atom stereocenters. The Morgan fingerprint density at radius 3 is 2.72 bits per heavy atom. The van der Waals surface area contributed by atoms with Gasteiger partial charge in [0.05, 0.1) is 13.2 Å². The normalized spacial score (nSPS) is 22.1. The van der Waals surface area contributed by atoms with E-state index < -0.39 is 0 Å². The molecule has 0 aromatic heterocycles. The van der Waals surface area contributed by atoms with Crippen molar-refractivity contribution >= 4 is 11.6 Å². The van der Waals surface area contributed by atoms with Gasteiger partial charge in [-0.2, -0.15) is 0 Å². The first kappa shape index (κ1) is 12.7. The number of ether oxygens (including phenoxy) is 2. The number of anilines is 1. The summed E-state index contributed by atoms with van der Waals surface area (Å²) in [5.74, 6) is 0.305. The molecule has 5 heteroatoms. The zero-order valence-electron chi connectivity index (χ0n) is 10.6. The molecule has 0 saturated heterocycles. The van der Waals surface area contributed by atoms with Gasteiger partial charge in [0.25, 0.3) is 5.91 Å². The molecule has 98 valence electrons. The van der Waals surface area contributed by atoms with E-state index in [1.54, 1.807) is 25.3 Å². The molecule has 0 radical (unpaired) electrons. The predicted molar refractivity (Wildman–Crippen MR) is 68.7 cm³/mol. The highest BCUT2D eigenvalue weighted by Gasteiger charge is 2.31. The number of benzene rings is 1. The van der Waals surface area contributed by atoms with E-state index in [0.717, 1.165) is 12.8 Å². The van der Waals surface area contributed by atoms with E-state index in [2.05, 4.69) is 5.32 Å². The summed E-state index contributed by atoms with van der Waals surface area (Å²) in [4.78, 5) is 12.1. The Hall–Kier alpha value is -1.75. The second kappa shape index (κ2) is 5.27. The Morgan fingerprint density at radius 2 is 2.11 bits per heavy atom. The highest BCUT2D eigenvalue weighted by Crippen LogP contribution is 2.27. The van der Waals surface area contributed by atoms with Crippen LogP contribution in [-0.2, 0) is 4.74 Å². The Kier molecular flexibility index (Phi) is 3.72. The van der Waals surface area contributed by atoms with E-state index in [9.17, 15) is 4.79 Å². The standard InChI is InChI=1S/C13H18N2O3/c1-17-9-6-8(7-9)15-13(16)12-10(14)4-3-5-11(12)18-2/h3-5,8-9H,6-7,14H2,1-2H3,(H,15,16). The SMILES string of the molecule is COc1cccc(N)c1C(=O)NC1CC(OC)C1.